The number of para-hydroxylation sites is 1. The van der Waals surface area contributed by atoms with Gasteiger partial charge in [-0.25, -0.2) is 0 Å². The van der Waals surface area contributed by atoms with Gasteiger partial charge < -0.3 is 10.2 Å². The van der Waals surface area contributed by atoms with E-state index in [9.17, 15) is 0 Å². The molecular formula is C10H10N4. The van der Waals surface area contributed by atoms with Crippen LogP contribution in [0.5, 0.6) is 0 Å². The van der Waals surface area contributed by atoms with Gasteiger partial charge in [-0.05, 0) is 12.1 Å². The van der Waals surface area contributed by atoms with E-state index in [1.54, 1.807) is 6.19 Å². The highest BCUT2D eigenvalue weighted by atomic mass is 15.3. The summed E-state index contributed by atoms with van der Waals surface area (Å²) in [5.41, 5.74) is 1.06. The zero-order chi connectivity index (χ0) is 9.80. The number of nitrogens with one attached hydrogen (secondary N) is 1. The van der Waals surface area contributed by atoms with Crippen LogP contribution in [0.1, 0.15) is 0 Å². The second-order valence-electron chi connectivity index (χ2n) is 2.95. The number of guanidine groups is 1. The molecule has 1 aliphatic rings. The maximum atomic E-state index is 8.49. The molecule has 1 aromatic rings. The third-order valence-electron chi connectivity index (χ3n) is 2.10. The highest BCUT2D eigenvalue weighted by molar-refractivity contribution is 5.98. The number of rotatable bonds is 1. The summed E-state index contributed by atoms with van der Waals surface area (Å²) in [6, 6.07) is 9.91. The first-order valence-electron chi connectivity index (χ1n) is 4.45. The van der Waals surface area contributed by atoms with E-state index in [4.69, 9.17) is 5.26 Å². The quantitative estimate of drug-likeness (QED) is 0.664. The van der Waals surface area contributed by atoms with Crippen molar-refractivity contribution in [2.75, 3.05) is 18.0 Å². The van der Waals surface area contributed by atoms with Crippen molar-refractivity contribution >= 4 is 11.6 Å². The highest BCUT2D eigenvalue weighted by Gasteiger charge is 2.18. The molecule has 1 saturated heterocycles. The molecule has 4 nitrogen and oxygen atoms in total. The van der Waals surface area contributed by atoms with Crippen LogP contribution < -0.4 is 10.2 Å². The third kappa shape index (κ3) is 1.52. The van der Waals surface area contributed by atoms with Crippen molar-refractivity contribution in [3.05, 3.63) is 30.3 Å². The molecule has 0 atom stereocenters. The fourth-order valence-electron chi connectivity index (χ4n) is 1.49. The number of aliphatic imine (C=N–C) groups is 1. The van der Waals surface area contributed by atoms with Gasteiger partial charge in [0.2, 0.25) is 12.2 Å². The predicted molar refractivity (Wildman–Crippen MR) is 54.8 cm³/mol. The average Bonchev–Trinajstić information content (AvgIpc) is 2.68. The van der Waals surface area contributed by atoms with Crippen LogP contribution in [-0.4, -0.2) is 19.0 Å². The monoisotopic (exact) mass is 186 g/mol. The van der Waals surface area contributed by atoms with E-state index in [2.05, 4.69) is 10.3 Å². The molecule has 1 fully saturated rings. The minimum atomic E-state index is 0.638. The topological polar surface area (TPSA) is 51.4 Å². The smallest absolute Gasteiger partial charge is 0.214 e. The molecule has 1 aromatic carbocycles. The van der Waals surface area contributed by atoms with Crippen LogP contribution in [0.3, 0.4) is 0 Å². The van der Waals surface area contributed by atoms with Crippen LogP contribution in [-0.2, 0) is 0 Å². The van der Waals surface area contributed by atoms with Crippen LogP contribution in [0.4, 0.5) is 5.69 Å². The van der Waals surface area contributed by atoms with Crippen LogP contribution in [0.25, 0.3) is 0 Å². The molecule has 14 heavy (non-hydrogen) atoms. The first-order valence-corrected chi connectivity index (χ1v) is 4.45. The van der Waals surface area contributed by atoms with E-state index in [1.165, 1.54) is 0 Å². The molecule has 0 aromatic heterocycles. The van der Waals surface area contributed by atoms with Crippen molar-refractivity contribution in [2.45, 2.75) is 0 Å². The van der Waals surface area contributed by atoms with Gasteiger partial charge in [0, 0.05) is 18.8 Å². The van der Waals surface area contributed by atoms with Gasteiger partial charge in [0.05, 0.1) is 0 Å². The van der Waals surface area contributed by atoms with Crippen LogP contribution in [0.2, 0.25) is 0 Å². The summed E-state index contributed by atoms with van der Waals surface area (Å²) in [5, 5.41) is 11.5. The Bertz CT molecular complexity index is 377. The summed E-state index contributed by atoms with van der Waals surface area (Å²) >= 11 is 0. The van der Waals surface area contributed by atoms with Gasteiger partial charge in [0.1, 0.15) is 0 Å². The molecule has 4 heteroatoms. The van der Waals surface area contributed by atoms with Crippen molar-refractivity contribution < 1.29 is 0 Å². The molecule has 0 amide bonds. The van der Waals surface area contributed by atoms with Gasteiger partial charge in [-0.3, -0.25) is 0 Å². The largest absolute Gasteiger partial charge is 0.353 e. The van der Waals surface area contributed by atoms with Crippen molar-refractivity contribution in [1.29, 1.82) is 5.26 Å². The predicted octanol–water partition coefficient (Wildman–Crippen LogP) is 0.933. The van der Waals surface area contributed by atoms with E-state index in [0.29, 0.717) is 5.96 Å². The Morgan fingerprint density at radius 1 is 1.36 bits per heavy atom. The van der Waals surface area contributed by atoms with Gasteiger partial charge in [-0.1, -0.05) is 18.2 Å². The maximum Gasteiger partial charge on any atom is 0.214 e. The van der Waals surface area contributed by atoms with Crippen LogP contribution in [0.15, 0.2) is 35.3 Å². The SMILES string of the molecule is N#CN=C1NCCN1c1ccccc1. The summed E-state index contributed by atoms with van der Waals surface area (Å²) in [6.45, 7) is 1.68. The summed E-state index contributed by atoms with van der Waals surface area (Å²) in [7, 11) is 0. The lowest BCUT2D eigenvalue weighted by Gasteiger charge is -2.15. The number of nitrogens with zero attached hydrogens (tertiary/aromatic N) is 3. The number of benzene rings is 1. The molecule has 1 N–H and O–H groups in total. The summed E-state index contributed by atoms with van der Waals surface area (Å²) in [4.78, 5) is 5.71. The van der Waals surface area contributed by atoms with Gasteiger partial charge in [0.15, 0.2) is 0 Å². The first-order chi connectivity index (χ1) is 6.92. The zero-order valence-electron chi connectivity index (χ0n) is 7.64. The van der Waals surface area contributed by atoms with Gasteiger partial charge in [0.25, 0.3) is 0 Å². The van der Waals surface area contributed by atoms with E-state index >= 15 is 0 Å². The average molecular weight is 186 g/mol. The van der Waals surface area contributed by atoms with E-state index < -0.39 is 0 Å². The summed E-state index contributed by atoms with van der Waals surface area (Å²) in [6.07, 6.45) is 1.79. The normalized spacial score (nSPS) is 17.9. The maximum absolute atomic E-state index is 8.49. The number of hydrogen-bond donors (Lipinski definition) is 1. The van der Waals surface area contributed by atoms with Crippen molar-refractivity contribution in [1.82, 2.24) is 5.32 Å². The molecule has 1 heterocycles. The molecule has 0 bridgehead atoms. The lowest BCUT2D eigenvalue weighted by atomic mass is 10.3. The van der Waals surface area contributed by atoms with E-state index in [1.807, 2.05) is 35.2 Å². The molecule has 2 rings (SSSR count). The van der Waals surface area contributed by atoms with E-state index in [0.717, 1.165) is 18.8 Å². The second kappa shape index (κ2) is 3.79. The Labute approximate surface area is 82.5 Å². The Kier molecular flexibility index (Phi) is 2.32. The van der Waals surface area contributed by atoms with Crippen LogP contribution in [0, 0.1) is 11.5 Å². The van der Waals surface area contributed by atoms with Crippen molar-refractivity contribution in [3.8, 4) is 6.19 Å². The Hall–Kier alpha value is -2.02. The molecule has 1 aliphatic heterocycles. The molecule has 0 unspecified atom stereocenters. The molecule has 0 spiro atoms. The minimum Gasteiger partial charge on any atom is -0.353 e. The number of nitriles is 1. The number of anilines is 1. The minimum absolute atomic E-state index is 0.638. The highest BCUT2D eigenvalue weighted by Crippen LogP contribution is 2.14. The van der Waals surface area contributed by atoms with Crippen molar-refractivity contribution in [3.63, 3.8) is 0 Å². The molecule has 0 radical (unpaired) electrons. The fraction of sp³-hybridized carbons (Fsp3) is 0.200. The van der Waals surface area contributed by atoms with Gasteiger partial charge in [-0.15, -0.1) is 4.99 Å². The molecule has 70 valence electrons. The molecular weight excluding hydrogens is 176 g/mol. The van der Waals surface area contributed by atoms with Crippen molar-refractivity contribution in [2.24, 2.45) is 4.99 Å². The Morgan fingerprint density at radius 2 is 2.14 bits per heavy atom. The fourth-order valence-corrected chi connectivity index (χ4v) is 1.49. The first kappa shape index (κ1) is 8.57. The molecule has 0 aliphatic carbocycles. The Balaban J connectivity index is 2.28. The number of hydrogen-bond acceptors (Lipinski definition) is 2. The zero-order valence-corrected chi connectivity index (χ0v) is 7.64. The lowest BCUT2D eigenvalue weighted by molar-refractivity contribution is 0.974. The lowest BCUT2D eigenvalue weighted by Crippen LogP contribution is -2.29. The standard InChI is InChI=1S/C10H10N4/c11-8-13-10-12-6-7-14(10)9-4-2-1-3-5-9/h1-5H,6-7H2,(H,12,13). The Morgan fingerprint density at radius 3 is 2.86 bits per heavy atom. The second-order valence-corrected chi connectivity index (χ2v) is 2.95. The summed E-state index contributed by atoms with van der Waals surface area (Å²) < 4.78 is 0. The summed E-state index contributed by atoms with van der Waals surface area (Å²) in [5.74, 6) is 0.638. The van der Waals surface area contributed by atoms with Crippen LogP contribution >= 0.6 is 0 Å². The van der Waals surface area contributed by atoms with Gasteiger partial charge in [-0.2, -0.15) is 5.26 Å². The third-order valence-corrected chi connectivity index (χ3v) is 2.10. The van der Waals surface area contributed by atoms with Gasteiger partial charge >= 0.3 is 0 Å². The molecule has 0 saturated carbocycles. The van der Waals surface area contributed by atoms with E-state index in [-0.39, 0.29) is 0 Å².